The highest BCUT2D eigenvalue weighted by Crippen LogP contribution is 2.16. The molecule has 0 radical (unpaired) electrons. The lowest BCUT2D eigenvalue weighted by atomic mass is 10.0. The first-order valence-electron chi connectivity index (χ1n) is 30.9. The second kappa shape index (κ2) is 60.4. The Kier molecular flexibility index (Phi) is 57.8. The first-order valence-corrected chi connectivity index (χ1v) is 30.9. The van der Waals surface area contributed by atoms with Gasteiger partial charge in [-0.1, -0.05) is 248 Å². The molecule has 0 heterocycles. The molecule has 0 aliphatic heterocycles. The molecule has 6 nitrogen and oxygen atoms in total. The highest BCUT2D eigenvalue weighted by Gasteiger charge is 2.19. The Hall–Kier alpha value is -3.15. The number of rotatable bonds is 56. The minimum atomic E-state index is -0.787. The molecule has 0 aliphatic rings. The molecule has 0 spiro atoms. The predicted octanol–water partition coefficient (Wildman–Crippen LogP) is 20.9. The molecule has 0 saturated heterocycles. The van der Waals surface area contributed by atoms with Crippen molar-refractivity contribution in [2.75, 3.05) is 13.2 Å². The minimum absolute atomic E-state index is 0.0835. The topological polar surface area (TPSA) is 78.9 Å². The second-order valence-corrected chi connectivity index (χ2v) is 20.6. The summed E-state index contributed by atoms with van der Waals surface area (Å²) in [7, 11) is 0. The van der Waals surface area contributed by atoms with Gasteiger partial charge in [0.1, 0.15) is 13.2 Å². The van der Waals surface area contributed by atoms with Gasteiger partial charge >= 0.3 is 17.9 Å². The third-order valence-electron chi connectivity index (χ3n) is 13.4. The summed E-state index contributed by atoms with van der Waals surface area (Å²) in [6.07, 6.45) is 77.5. The summed E-state index contributed by atoms with van der Waals surface area (Å²) >= 11 is 0. The smallest absolute Gasteiger partial charge is 0.306 e. The molecule has 0 amide bonds. The highest BCUT2D eigenvalue weighted by molar-refractivity contribution is 5.71. The Morgan fingerprint density at radius 2 is 0.500 bits per heavy atom. The summed E-state index contributed by atoms with van der Waals surface area (Å²) in [5.74, 6) is -0.897. The van der Waals surface area contributed by atoms with Crippen LogP contribution in [0.25, 0.3) is 0 Å². The summed E-state index contributed by atoms with van der Waals surface area (Å²) < 4.78 is 16.9. The van der Waals surface area contributed by atoms with Gasteiger partial charge in [0.15, 0.2) is 6.10 Å². The van der Waals surface area contributed by atoms with Gasteiger partial charge in [-0.15, -0.1) is 0 Å². The van der Waals surface area contributed by atoms with Crippen molar-refractivity contribution in [3.05, 3.63) is 72.9 Å². The second-order valence-electron chi connectivity index (χ2n) is 20.6. The van der Waals surface area contributed by atoms with Gasteiger partial charge in [0.2, 0.25) is 0 Å². The van der Waals surface area contributed by atoms with E-state index in [4.69, 9.17) is 14.2 Å². The van der Waals surface area contributed by atoms with Gasteiger partial charge in [0.05, 0.1) is 0 Å². The maximum absolute atomic E-state index is 12.9. The van der Waals surface area contributed by atoms with E-state index < -0.39 is 6.10 Å². The number of allylic oxidation sites excluding steroid dienone is 12. The Morgan fingerprint density at radius 3 is 0.819 bits per heavy atom. The zero-order valence-electron chi connectivity index (χ0n) is 47.7. The standard InChI is InChI=1S/C66H116O6/c1-4-7-10-13-16-19-22-25-27-29-31-32-33-34-36-37-39-41-44-47-50-53-56-59-65(68)71-62-63(61-70-64(67)58-55-52-49-46-43-24-21-18-15-12-9-6-3)72-66(69)60-57-54-51-48-45-42-40-38-35-30-28-26-23-20-17-14-11-8-5-2/h17-18,20-22,25-26,28-29,31,35,38,63H,4-16,19,23-24,27,30,32-34,36-37,39-62H2,1-3H3/b20-17-,21-18-,25-22-,28-26-,31-29-,38-35-. The number of esters is 3. The van der Waals surface area contributed by atoms with Gasteiger partial charge in [-0.25, -0.2) is 0 Å². The van der Waals surface area contributed by atoms with Crippen molar-refractivity contribution in [2.45, 2.75) is 316 Å². The average molecular weight is 1010 g/mol. The van der Waals surface area contributed by atoms with Gasteiger partial charge < -0.3 is 14.2 Å². The highest BCUT2D eigenvalue weighted by atomic mass is 16.6. The molecule has 72 heavy (non-hydrogen) atoms. The molecular formula is C66H116O6. The van der Waals surface area contributed by atoms with Crippen LogP contribution in [-0.2, 0) is 28.6 Å². The van der Waals surface area contributed by atoms with Crippen LogP contribution in [0, 0.1) is 0 Å². The van der Waals surface area contributed by atoms with Crippen LogP contribution in [0.2, 0.25) is 0 Å². The third-order valence-corrected chi connectivity index (χ3v) is 13.4. The van der Waals surface area contributed by atoms with Gasteiger partial charge in [0, 0.05) is 19.3 Å². The molecule has 0 rings (SSSR count). The van der Waals surface area contributed by atoms with Crippen molar-refractivity contribution < 1.29 is 28.6 Å². The number of ether oxygens (including phenoxy) is 3. The molecule has 0 fully saturated rings. The van der Waals surface area contributed by atoms with Crippen LogP contribution >= 0.6 is 0 Å². The predicted molar refractivity (Wildman–Crippen MR) is 311 cm³/mol. The third kappa shape index (κ3) is 57.7. The lowest BCUT2D eigenvalue weighted by molar-refractivity contribution is -0.167. The van der Waals surface area contributed by atoms with Crippen molar-refractivity contribution in [1.29, 1.82) is 0 Å². The molecule has 0 aliphatic carbocycles. The van der Waals surface area contributed by atoms with Gasteiger partial charge in [-0.05, 0) is 116 Å². The number of hydrogen-bond donors (Lipinski definition) is 0. The Labute approximate surface area is 446 Å². The van der Waals surface area contributed by atoms with E-state index in [2.05, 4.69) is 93.7 Å². The fourth-order valence-electron chi connectivity index (χ4n) is 8.71. The molecule has 0 aromatic carbocycles. The van der Waals surface area contributed by atoms with Gasteiger partial charge in [-0.2, -0.15) is 0 Å². The quantitative estimate of drug-likeness (QED) is 0.0261. The normalized spacial score (nSPS) is 12.5. The van der Waals surface area contributed by atoms with Gasteiger partial charge in [-0.3, -0.25) is 14.4 Å². The van der Waals surface area contributed by atoms with E-state index in [-0.39, 0.29) is 31.1 Å². The SMILES string of the molecule is CCCCC/C=C\C/C=C\C/C=C\CCCCCCCCC(=O)OC(COC(=O)CCCCCCC/C=C\CCCCC)COC(=O)CCCCCCCCCCCCC/C=C\C/C=C\CCCCCCC. The van der Waals surface area contributed by atoms with Crippen LogP contribution in [0.1, 0.15) is 310 Å². The van der Waals surface area contributed by atoms with E-state index in [9.17, 15) is 14.4 Å². The first-order chi connectivity index (χ1) is 35.5. The van der Waals surface area contributed by atoms with E-state index in [1.165, 1.54) is 173 Å². The van der Waals surface area contributed by atoms with Crippen LogP contribution in [0.3, 0.4) is 0 Å². The zero-order chi connectivity index (χ0) is 52.2. The fourth-order valence-corrected chi connectivity index (χ4v) is 8.71. The summed E-state index contributed by atoms with van der Waals surface area (Å²) in [6, 6.07) is 0. The average Bonchev–Trinajstić information content (AvgIpc) is 3.38. The molecule has 0 aromatic rings. The van der Waals surface area contributed by atoms with E-state index in [1.54, 1.807) is 0 Å². The summed E-state index contributed by atoms with van der Waals surface area (Å²) in [6.45, 7) is 6.58. The van der Waals surface area contributed by atoms with Crippen molar-refractivity contribution in [1.82, 2.24) is 0 Å². The van der Waals surface area contributed by atoms with Crippen LogP contribution in [0.5, 0.6) is 0 Å². The Morgan fingerprint density at radius 1 is 0.278 bits per heavy atom. The summed E-state index contributed by atoms with van der Waals surface area (Å²) in [5, 5.41) is 0. The first kappa shape index (κ1) is 68.8. The van der Waals surface area contributed by atoms with Crippen molar-refractivity contribution >= 4 is 17.9 Å². The fraction of sp³-hybridized carbons (Fsp3) is 0.773. The summed E-state index contributed by atoms with van der Waals surface area (Å²) in [4.78, 5) is 38.2. The Balaban J connectivity index is 4.33. The number of carbonyl (C=O) groups excluding carboxylic acids is 3. The van der Waals surface area contributed by atoms with E-state index >= 15 is 0 Å². The molecule has 1 atom stereocenters. The maximum atomic E-state index is 12.9. The number of carbonyl (C=O) groups is 3. The molecule has 1 unspecified atom stereocenters. The monoisotopic (exact) mass is 1000 g/mol. The van der Waals surface area contributed by atoms with Crippen molar-refractivity contribution in [3.63, 3.8) is 0 Å². The van der Waals surface area contributed by atoms with Crippen LogP contribution < -0.4 is 0 Å². The molecule has 0 bridgehead atoms. The van der Waals surface area contributed by atoms with E-state index in [0.29, 0.717) is 19.3 Å². The molecular weight excluding hydrogens is 889 g/mol. The van der Waals surface area contributed by atoms with E-state index in [0.717, 1.165) is 96.3 Å². The van der Waals surface area contributed by atoms with Gasteiger partial charge in [0.25, 0.3) is 0 Å². The molecule has 0 N–H and O–H groups in total. The molecule has 0 aromatic heterocycles. The lowest BCUT2D eigenvalue weighted by Crippen LogP contribution is -2.30. The van der Waals surface area contributed by atoms with Crippen LogP contribution in [0.15, 0.2) is 72.9 Å². The summed E-state index contributed by atoms with van der Waals surface area (Å²) in [5.41, 5.74) is 0. The largest absolute Gasteiger partial charge is 0.462 e. The zero-order valence-corrected chi connectivity index (χ0v) is 47.7. The number of unbranched alkanes of at least 4 members (excludes halogenated alkanes) is 33. The van der Waals surface area contributed by atoms with Crippen molar-refractivity contribution in [3.8, 4) is 0 Å². The Bertz CT molecular complexity index is 1340. The lowest BCUT2D eigenvalue weighted by Gasteiger charge is -2.18. The maximum Gasteiger partial charge on any atom is 0.306 e. The van der Waals surface area contributed by atoms with Crippen LogP contribution in [-0.4, -0.2) is 37.2 Å². The minimum Gasteiger partial charge on any atom is -0.462 e. The molecule has 6 heteroatoms. The molecule has 416 valence electrons. The van der Waals surface area contributed by atoms with Crippen molar-refractivity contribution in [2.24, 2.45) is 0 Å². The number of hydrogen-bond acceptors (Lipinski definition) is 6. The molecule has 0 saturated carbocycles. The van der Waals surface area contributed by atoms with E-state index in [1.807, 2.05) is 0 Å². The van der Waals surface area contributed by atoms with Crippen LogP contribution in [0.4, 0.5) is 0 Å².